The Labute approximate surface area is 117 Å². The Balaban J connectivity index is 2.34. The number of ether oxygens (including phenoxy) is 1. The highest BCUT2D eigenvalue weighted by molar-refractivity contribution is 5.68. The fraction of sp³-hybridized carbons (Fsp3) is 0.500. The van der Waals surface area contributed by atoms with Crippen LogP contribution >= 0.6 is 0 Å². The van der Waals surface area contributed by atoms with Crippen LogP contribution in [0.2, 0.25) is 0 Å². The Kier molecular flexibility index (Phi) is 4.55. The lowest BCUT2D eigenvalue weighted by Gasteiger charge is -2.34. The van der Waals surface area contributed by atoms with Crippen LogP contribution in [0.25, 0.3) is 0 Å². The molecule has 0 amide bonds. The molecule has 108 valence electrons. The molecule has 1 heterocycles. The first kappa shape index (κ1) is 14.3. The lowest BCUT2D eigenvalue weighted by molar-refractivity contribution is -0.385. The Hall–Kier alpha value is -2.11. The molecule has 1 aromatic rings. The molecule has 1 saturated heterocycles. The van der Waals surface area contributed by atoms with E-state index in [0.29, 0.717) is 6.61 Å². The van der Waals surface area contributed by atoms with Crippen molar-refractivity contribution in [2.75, 3.05) is 18.1 Å². The summed E-state index contributed by atoms with van der Waals surface area (Å²) in [5.74, 6) is 0.255. The van der Waals surface area contributed by atoms with Crippen LogP contribution in [0.4, 0.5) is 11.4 Å². The number of nitro benzene ring substituents is 1. The van der Waals surface area contributed by atoms with E-state index in [1.54, 1.807) is 19.1 Å². The normalized spacial score (nSPS) is 18.6. The van der Waals surface area contributed by atoms with Crippen LogP contribution in [-0.2, 0) is 4.79 Å². The van der Waals surface area contributed by atoms with E-state index in [4.69, 9.17) is 4.74 Å². The van der Waals surface area contributed by atoms with Crippen LogP contribution in [0.15, 0.2) is 18.2 Å². The van der Waals surface area contributed by atoms with E-state index >= 15 is 0 Å². The average molecular weight is 278 g/mol. The third-order valence-electron chi connectivity index (χ3n) is 3.48. The highest BCUT2D eigenvalue weighted by Gasteiger charge is 2.24. The van der Waals surface area contributed by atoms with Gasteiger partial charge in [-0.2, -0.15) is 0 Å². The average Bonchev–Trinajstić information content (AvgIpc) is 2.47. The Morgan fingerprint density at radius 3 is 2.95 bits per heavy atom. The number of hydrogen-bond donors (Lipinski definition) is 0. The Morgan fingerprint density at radius 1 is 1.50 bits per heavy atom. The second-order valence-corrected chi connectivity index (χ2v) is 4.73. The zero-order valence-corrected chi connectivity index (χ0v) is 11.4. The maximum atomic E-state index is 11.1. The van der Waals surface area contributed by atoms with Crippen LogP contribution in [0.1, 0.15) is 26.2 Å². The number of nitrogens with zero attached hydrogens (tertiary/aromatic N) is 2. The summed E-state index contributed by atoms with van der Waals surface area (Å²) < 4.78 is 5.34. The number of carbonyl (C=O) groups is 1. The Morgan fingerprint density at radius 2 is 2.30 bits per heavy atom. The zero-order valence-electron chi connectivity index (χ0n) is 11.4. The quantitative estimate of drug-likeness (QED) is 0.470. The predicted octanol–water partition coefficient (Wildman–Crippen LogP) is 2.55. The summed E-state index contributed by atoms with van der Waals surface area (Å²) in [5.41, 5.74) is 0.756. The monoisotopic (exact) mass is 278 g/mol. The fourth-order valence-corrected chi connectivity index (χ4v) is 2.52. The molecule has 1 aliphatic heterocycles. The first-order valence-corrected chi connectivity index (χ1v) is 6.80. The molecule has 0 bridgehead atoms. The Bertz CT molecular complexity index is 504. The minimum Gasteiger partial charge on any atom is -0.487 e. The second-order valence-electron chi connectivity index (χ2n) is 4.73. The molecule has 1 unspecified atom stereocenters. The predicted molar refractivity (Wildman–Crippen MR) is 75.3 cm³/mol. The summed E-state index contributed by atoms with van der Waals surface area (Å²) in [6.45, 7) is 2.93. The van der Waals surface area contributed by atoms with Gasteiger partial charge in [-0.1, -0.05) is 0 Å². The van der Waals surface area contributed by atoms with Gasteiger partial charge in [0.15, 0.2) is 5.75 Å². The highest BCUT2D eigenvalue weighted by Crippen LogP contribution is 2.33. The van der Waals surface area contributed by atoms with Gasteiger partial charge in [-0.05, 0) is 32.3 Å². The molecule has 0 saturated carbocycles. The summed E-state index contributed by atoms with van der Waals surface area (Å²) >= 11 is 0. The molecule has 2 rings (SSSR count). The van der Waals surface area contributed by atoms with Gasteiger partial charge in [-0.15, -0.1) is 0 Å². The fourth-order valence-electron chi connectivity index (χ4n) is 2.52. The molecule has 0 spiro atoms. The molecule has 1 fully saturated rings. The van der Waals surface area contributed by atoms with Gasteiger partial charge >= 0.3 is 5.69 Å². The maximum Gasteiger partial charge on any atom is 0.311 e. The molecule has 1 aliphatic rings. The largest absolute Gasteiger partial charge is 0.487 e. The first-order chi connectivity index (χ1) is 9.67. The van der Waals surface area contributed by atoms with Crippen molar-refractivity contribution >= 4 is 17.7 Å². The van der Waals surface area contributed by atoms with Crippen LogP contribution in [0.3, 0.4) is 0 Å². The van der Waals surface area contributed by atoms with Gasteiger partial charge in [0.05, 0.1) is 17.6 Å². The summed E-state index contributed by atoms with van der Waals surface area (Å²) in [6, 6.07) is 4.63. The standard InChI is InChI=1S/C14H18N2O4/c1-2-20-14-9-11(6-7-13(14)16(18)19)15-8-4-3-5-12(15)10-17/h6-7,9-10,12H,2-5,8H2,1H3. The van der Waals surface area contributed by atoms with Crippen molar-refractivity contribution < 1.29 is 14.5 Å². The molecule has 0 aromatic heterocycles. The minimum absolute atomic E-state index is 0.0461. The number of hydrogen-bond acceptors (Lipinski definition) is 5. The molecule has 0 N–H and O–H groups in total. The summed E-state index contributed by atoms with van der Waals surface area (Å²) in [7, 11) is 0. The molecular formula is C14H18N2O4. The van der Waals surface area contributed by atoms with Gasteiger partial charge in [-0.3, -0.25) is 10.1 Å². The summed E-state index contributed by atoms with van der Waals surface area (Å²) in [5, 5.41) is 11.0. The van der Waals surface area contributed by atoms with Crippen molar-refractivity contribution in [2.45, 2.75) is 32.2 Å². The van der Waals surface area contributed by atoms with Gasteiger partial charge in [0.1, 0.15) is 6.29 Å². The van der Waals surface area contributed by atoms with Gasteiger partial charge in [0.2, 0.25) is 0 Å². The van der Waals surface area contributed by atoms with E-state index in [9.17, 15) is 14.9 Å². The van der Waals surface area contributed by atoms with E-state index < -0.39 is 4.92 Å². The lowest BCUT2D eigenvalue weighted by Crippen LogP contribution is -2.40. The zero-order chi connectivity index (χ0) is 14.5. The van der Waals surface area contributed by atoms with Crippen molar-refractivity contribution in [1.29, 1.82) is 0 Å². The number of benzene rings is 1. The highest BCUT2D eigenvalue weighted by atomic mass is 16.6. The number of anilines is 1. The van der Waals surface area contributed by atoms with E-state index in [1.807, 2.05) is 4.90 Å². The number of piperidine rings is 1. The number of nitro groups is 1. The SMILES string of the molecule is CCOc1cc(N2CCCCC2C=O)ccc1[N+](=O)[O-]. The van der Waals surface area contributed by atoms with E-state index in [0.717, 1.165) is 37.8 Å². The smallest absolute Gasteiger partial charge is 0.311 e. The third-order valence-corrected chi connectivity index (χ3v) is 3.48. The molecule has 1 aromatic carbocycles. The van der Waals surface area contributed by atoms with Gasteiger partial charge in [-0.25, -0.2) is 0 Å². The maximum absolute atomic E-state index is 11.1. The van der Waals surface area contributed by atoms with Crippen molar-refractivity contribution in [3.8, 4) is 5.75 Å². The van der Waals surface area contributed by atoms with Crippen LogP contribution in [0, 0.1) is 10.1 Å². The molecule has 6 nitrogen and oxygen atoms in total. The van der Waals surface area contributed by atoms with E-state index in [1.165, 1.54) is 6.07 Å². The van der Waals surface area contributed by atoms with E-state index in [-0.39, 0.29) is 17.5 Å². The van der Waals surface area contributed by atoms with Crippen molar-refractivity contribution in [3.63, 3.8) is 0 Å². The van der Waals surface area contributed by atoms with E-state index in [2.05, 4.69) is 0 Å². The first-order valence-electron chi connectivity index (χ1n) is 6.80. The molecule has 0 radical (unpaired) electrons. The van der Waals surface area contributed by atoms with Crippen LogP contribution in [0.5, 0.6) is 5.75 Å². The van der Waals surface area contributed by atoms with Crippen molar-refractivity contribution in [1.82, 2.24) is 0 Å². The summed E-state index contributed by atoms with van der Waals surface area (Å²) in [4.78, 5) is 23.6. The van der Waals surface area contributed by atoms with Gasteiger partial charge in [0.25, 0.3) is 0 Å². The molecule has 20 heavy (non-hydrogen) atoms. The number of aldehydes is 1. The van der Waals surface area contributed by atoms with Gasteiger partial charge in [0, 0.05) is 24.4 Å². The lowest BCUT2D eigenvalue weighted by atomic mass is 10.0. The van der Waals surface area contributed by atoms with Crippen LogP contribution < -0.4 is 9.64 Å². The van der Waals surface area contributed by atoms with Gasteiger partial charge < -0.3 is 14.4 Å². The molecule has 1 atom stereocenters. The summed E-state index contributed by atoms with van der Waals surface area (Å²) in [6.07, 6.45) is 3.82. The van der Waals surface area contributed by atoms with Crippen molar-refractivity contribution in [2.24, 2.45) is 0 Å². The van der Waals surface area contributed by atoms with Crippen molar-refractivity contribution in [3.05, 3.63) is 28.3 Å². The molecule has 6 heteroatoms. The number of rotatable bonds is 5. The number of carbonyl (C=O) groups excluding carboxylic acids is 1. The van der Waals surface area contributed by atoms with Crippen LogP contribution in [-0.4, -0.2) is 30.4 Å². The second kappa shape index (κ2) is 6.36. The third kappa shape index (κ3) is 2.89. The minimum atomic E-state index is -0.456. The topological polar surface area (TPSA) is 72.7 Å². The molecule has 0 aliphatic carbocycles. The molecular weight excluding hydrogens is 260 g/mol.